The second-order valence-electron chi connectivity index (χ2n) is 6.52. The Hall–Kier alpha value is -1.02. The summed E-state index contributed by atoms with van der Waals surface area (Å²) in [5.41, 5.74) is 0.664. The molecule has 2 aliphatic carbocycles. The van der Waals surface area contributed by atoms with Crippen LogP contribution in [-0.4, -0.2) is 12.9 Å². The van der Waals surface area contributed by atoms with E-state index in [9.17, 15) is 4.79 Å². The van der Waals surface area contributed by atoms with Crippen LogP contribution in [0.5, 0.6) is 5.75 Å². The van der Waals surface area contributed by atoms with Crippen LogP contribution in [-0.2, 0) is 0 Å². The molecule has 1 aromatic rings. The smallest absolute Gasteiger partial charge is 0.167 e. The molecule has 114 valence electrons. The standard InChI is InChI=1S/C18H23ClO2/c1-21-15-8-9-16(17(19)11-15)18(20)14-7-6-12-4-2-3-5-13(12)10-14/h8-9,11-14H,2-7,10H2,1H3. The Labute approximate surface area is 131 Å². The summed E-state index contributed by atoms with van der Waals surface area (Å²) in [4.78, 5) is 12.8. The van der Waals surface area contributed by atoms with Crippen molar-refractivity contribution in [3.8, 4) is 5.75 Å². The Morgan fingerprint density at radius 3 is 2.62 bits per heavy atom. The van der Waals surface area contributed by atoms with Crippen LogP contribution >= 0.6 is 11.6 Å². The van der Waals surface area contributed by atoms with Crippen molar-refractivity contribution < 1.29 is 9.53 Å². The SMILES string of the molecule is COc1ccc(C(=O)C2CCC3CCCCC3C2)c(Cl)c1. The molecule has 0 amide bonds. The first kappa shape index (κ1) is 14.9. The van der Waals surface area contributed by atoms with Gasteiger partial charge in [0.15, 0.2) is 5.78 Å². The first-order valence-electron chi connectivity index (χ1n) is 8.07. The molecule has 2 aliphatic rings. The molecule has 2 saturated carbocycles. The third-order valence-corrected chi connectivity index (χ3v) is 5.66. The van der Waals surface area contributed by atoms with Crippen molar-refractivity contribution >= 4 is 17.4 Å². The van der Waals surface area contributed by atoms with Crippen molar-refractivity contribution in [3.05, 3.63) is 28.8 Å². The molecule has 2 fully saturated rings. The number of rotatable bonds is 3. The van der Waals surface area contributed by atoms with Crippen LogP contribution in [0.2, 0.25) is 5.02 Å². The molecule has 3 unspecified atom stereocenters. The number of hydrogen-bond donors (Lipinski definition) is 0. The maximum atomic E-state index is 12.8. The van der Waals surface area contributed by atoms with Gasteiger partial charge in [-0.25, -0.2) is 0 Å². The first-order chi connectivity index (χ1) is 10.2. The van der Waals surface area contributed by atoms with Gasteiger partial charge in [0.25, 0.3) is 0 Å². The van der Waals surface area contributed by atoms with E-state index < -0.39 is 0 Å². The van der Waals surface area contributed by atoms with Gasteiger partial charge < -0.3 is 4.74 Å². The lowest BCUT2D eigenvalue weighted by Crippen LogP contribution is -2.31. The number of hydrogen-bond acceptors (Lipinski definition) is 2. The van der Waals surface area contributed by atoms with Crippen LogP contribution in [0.15, 0.2) is 18.2 Å². The van der Waals surface area contributed by atoms with Gasteiger partial charge >= 0.3 is 0 Å². The molecule has 3 heteroatoms. The lowest BCUT2D eigenvalue weighted by molar-refractivity contribution is 0.0763. The highest BCUT2D eigenvalue weighted by Crippen LogP contribution is 2.43. The maximum absolute atomic E-state index is 12.8. The number of methoxy groups -OCH3 is 1. The lowest BCUT2D eigenvalue weighted by Gasteiger charge is -2.38. The number of ether oxygens (including phenoxy) is 1. The number of halogens is 1. The molecule has 0 radical (unpaired) electrons. The maximum Gasteiger partial charge on any atom is 0.167 e. The van der Waals surface area contributed by atoms with Crippen molar-refractivity contribution in [3.63, 3.8) is 0 Å². The first-order valence-corrected chi connectivity index (χ1v) is 8.44. The zero-order valence-corrected chi connectivity index (χ0v) is 13.4. The minimum atomic E-state index is 0.162. The van der Waals surface area contributed by atoms with E-state index in [1.807, 2.05) is 12.1 Å². The van der Waals surface area contributed by atoms with Gasteiger partial charge in [0.1, 0.15) is 5.75 Å². The number of carbonyl (C=O) groups excluding carboxylic acids is 1. The molecule has 0 aliphatic heterocycles. The summed E-state index contributed by atoms with van der Waals surface area (Å²) in [7, 11) is 1.61. The van der Waals surface area contributed by atoms with E-state index in [1.54, 1.807) is 13.2 Å². The fourth-order valence-electron chi connectivity index (χ4n) is 4.15. The Balaban J connectivity index is 1.73. The van der Waals surface area contributed by atoms with Gasteiger partial charge in [-0.2, -0.15) is 0 Å². The van der Waals surface area contributed by atoms with Crippen LogP contribution in [0.4, 0.5) is 0 Å². The van der Waals surface area contributed by atoms with Crippen molar-refractivity contribution in [2.75, 3.05) is 7.11 Å². The molecule has 0 heterocycles. The minimum absolute atomic E-state index is 0.162. The van der Waals surface area contributed by atoms with E-state index in [-0.39, 0.29) is 11.7 Å². The molecule has 1 aromatic carbocycles. The molecule has 3 atom stereocenters. The van der Waals surface area contributed by atoms with E-state index in [0.29, 0.717) is 16.3 Å². The topological polar surface area (TPSA) is 26.3 Å². The molecular weight excluding hydrogens is 284 g/mol. The van der Waals surface area contributed by atoms with Gasteiger partial charge in [0.2, 0.25) is 0 Å². The second kappa shape index (κ2) is 6.39. The molecule has 2 nitrogen and oxygen atoms in total. The molecule has 0 bridgehead atoms. The predicted octanol–water partition coefficient (Wildman–Crippen LogP) is 5.14. The predicted molar refractivity (Wildman–Crippen MR) is 85.1 cm³/mol. The van der Waals surface area contributed by atoms with Crippen LogP contribution in [0.3, 0.4) is 0 Å². The molecule has 3 rings (SSSR count). The van der Waals surface area contributed by atoms with E-state index in [1.165, 1.54) is 32.1 Å². The van der Waals surface area contributed by atoms with Gasteiger partial charge in [-0.05, 0) is 49.3 Å². The number of benzene rings is 1. The van der Waals surface area contributed by atoms with Gasteiger partial charge in [-0.15, -0.1) is 0 Å². The van der Waals surface area contributed by atoms with Gasteiger partial charge in [0.05, 0.1) is 12.1 Å². The van der Waals surface area contributed by atoms with Crippen LogP contribution in [0, 0.1) is 17.8 Å². The number of ketones is 1. The quantitative estimate of drug-likeness (QED) is 0.723. The molecular formula is C18H23ClO2. The minimum Gasteiger partial charge on any atom is -0.497 e. The average Bonchev–Trinajstić information content (AvgIpc) is 2.53. The fourth-order valence-corrected chi connectivity index (χ4v) is 4.42. The number of carbonyl (C=O) groups is 1. The molecule has 0 N–H and O–H groups in total. The van der Waals surface area contributed by atoms with Crippen LogP contribution in [0.25, 0.3) is 0 Å². The molecule has 0 aromatic heterocycles. The second-order valence-corrected chi connectivity index (χ2v) is 6.93. The summed E-state index contributed by atoms with van der Waals surface area (Å²) in [6.45, 7) is 0. The average molecular weight is 307 g/mol. The van der Waals surface area contributed by atoms with Crippen molar-refractivity contribution in [1.82, 2.24) is 0 Å². The molecule has 0 saturated heterocycles. The van der Waals surface area contributed by atoms with Crippen LogP contribution in [0.1, 0.15) is 55.3 Å². The summed E-state index contributed by atoms with van der Waals surface area (Å²) in [6, 6.07) is 5.38. The zero-order valence-electron chi connectivity index (χ0n) is 12.6. The highest BCUT2D eigenvalue weighted by atomic mass is 35.5. The summed E-state index contributed by atoms with van der Waals surface area (Å²) < 4.78 is 5.15. The van der Waals surface area contributed by atoms with Crippen molar-refractivity contribution in [2.24, 2.45) is 17.8 Å². The third-order valence-electron chi connectivity index (χ3n) is 5.35. The highest BCUT2D eigenvalue weighted by molar-refractivity contribution is 6.34. The lowest BCUT2D eigenvalue weighted by atomic mass is 9.66. The zero-order chi connectivity index (χ0) is 14.8. The van der Waals surface area contributed by atoms with Gasteiger partial charge in [-0.3, -0.25) is 4.79 Å². The monoisotopic (exact) mass is 306 g/mol. The summed E-state index contributed by atoms with van der Waals surface area (Å²) >= 11 is 6.26. The highest BCUT2D eigenvalue weighted by Gasteiger charge is 2.35. The third kappa shape index (κ3) is 3.11. The largest absolute Gasteiger partial charge is 0.497 e. The Bertz CT molecular complexity index is 526. The number of fused-ring (bicyclic) bond motifs is 1. The number of Topliss-reactive ketones (excluding diaryl/α,β-unsaturated/α-hetero) is 1. The van der Waals surface area contributed by atoms with E-state index >= 15 is 0 Å². The van der Waals surface area contributed by atoms with E-state index in [4.69, 9.17) is 16.3 Å². The Morgan fingerprint density at radius 2 is 1.90 bits per heavy atom. The summed E-state index contributed by atoms with van der Waals surface area (Å²) in [5.74, 6) is 2.72. The van der Waals surface area contributed by atoms with Crippen LogP contribution < -0.4 is 4.74 Å². The molecule has 21 heavy (non-hydrogen) atoms. The van der Waals surface area contributed by atoms with Gasteiger partial charge in [-0.1, -0.05) is 37.3 Å². The van der Waals surface area contributed by atoms with Crippen molar-refractivity contribution in [2.45, 2.75) is 44.9 Å². The van der Waals surface area contributed by atoms with E-state index in [2.05, 4.69) is 0 Å². The Kier molecular flexibility index (Phi) is 4.54. The van der Waals surface area contributed by atoms with Crippen molar-refractivity contribution in [1.29, 1.82) is 0 Å². The van der Waals surface area contributed by atoms with E-state index in [0.717, 1.165) is 24.7 Å². The van der Waals surface area contributed by atoms with Gasteiger partial charge in [0, 0.05) is 11.5 Å². The summed E-state index contributed by atoms with van der Waals surface area (Å²) in [5, 5.41) is 0.519. The molecule has 0 spiro atoms. The normalized spacial score (nSPS) is 28.8. The Morgan fingerprint density at radius 1 is 1.14 bits per heavy atom. The fraction of sp³-hybridized carbons (Fsp3) is 0.611. The summed E-state index contributed by atoms with van der Waals surface area (Å²) in [6.07, 6.45) is 8.71.